The first kappa shape index (κ1) is 12.3. The fourth-order valence-corrected chi connectivity index (χ4v) is 3.09. The molecule has 1 fully saturated rings. The lowest BCUT2D eigenvalue weighted by atomic mass is 10.1. The van der Waals surface area contributed by atoms with Crippen LogP contribution in [0.2, 0.25) is 0 Å². The lowest BCUT2D eigenvalue weighted by molar-refractivity contribution is 0.577. The van der Waals surface area contributed by atoms with E-state index in [-0.39, 0.29) is 0 Å². The second-order valence-corrected chi connectivity index (χ2v) is 5.55. The van der Waals surface area contributed by atoms with Crippen molar-refractivity contribution in [2.45, 2.75) is 31.1 Å². The Morgan fingerprint density at radius 2 is 2.06 bits per heavy atom. The van der Waals surface area contributed by atoms with Crippen molar-refractivity contribution in [2.24, 2.45) is 0 Å². The molecular weight excluding hydrogens is 228 g/mol. The molecule has 0 spiro atoms. The number of piperidine rings is 1. The SMILES string of the molecule is CCSc1cccc(N2CCCCC2)c1C#N. The predicted molar refractivity (Wildman–Crippen MR) is 73.6 cm³/mol. The summed E-state index contributed by atoms with van der Waals surface area (Å²) < 4.78 is 0. The molecule has 0 N–H and O–H groups in total. The molecule has 1 aliphatic heterocycles. The number of nitrogens with zero attached hydrogens (tertiary/aromatic N) is 2. The molecule has 1 aromatic rings. The van der Waals surface area contributed by atoms with Crippen molar-refractivity contribution in [3.63, 3.8) is 0 Å². The van der Waals surface area contributed by atoms with Gasteiger partial charge in [0.05, 0.1) is 11.3 Å². The number of nitriles is 1. The van der Waals surface area contributed by atoms with Crippen LogP contribution in [0.1, 0.15) is 31.7 Å². The third-order valence-corrected chi connectivity index (χ3v) is 4.05. The number of rotatable bonds is 3. The van der Waals surface area contributed by atoms with Gasteiger partial charge in [0.2, 0.25) is 0 Å². The minimum atomic E-state index is 0.862. The van der Waals surface area contributed by atoms with E-state index in [1.54, 1.807) is 11.8 Å². The van der Waals surface area contributed by atoms with Gasteiger partial charge in [-0.25, -0.2) is 0 Å². The minimum Gasteiger partial charge on any atom is -0.370 e. The Labute approximate surface area is 108 Å². The van der Waals surface area contributed by atoms with E-state index in [4.69, 9.17) is 0 Å². The summed E-state index contributed by atoms with van der Waals surface area (Å²) in [4.78, 5) is 3.49. The first-order valence-corrected chi connectivity index (χ1v) is 7.26. The van der Waals surface area contributed by atoms with Crippen LogP contribution in [0.25, 0.3) is 0 Å². The molecule has 0 unspecified atom stereocenters. The molecule has 1 saturated heterocycles. The molecule has 0 aromatic heterocycles. The zero-order chi connectivity index (χ0) is 12.1. The van der Waals surface area contributed by atoms with Crippen molar-refractivity contribution in [3.05, 3.63) is 23.8 Å². The minimum absolute atomic E-state index is 0.862. The van der Waals surface area contributed by atoms with E-state index in [1.165, 1.54) is 19.3 Å². The van der Waals surface area contributed by atoms with Crippen molar-refractivity contribution in [3.8, 4) is 6.07 Å². The van der Waals surface area contributed by atoms with E-state index >= 15 is 0 Å². The highest BCUT2D eigenvalue weighted by Gasteiger charge is 2.16. The molecule has 1 aliphatic rings. The summed E-state index contributed by atoms with van der Waals surface area (Å²) >= 11 is 1.76. The Kier molecular flexibility index (Phi) is 4.33. The first-order chi connectivity index (χ1) is 8.36. The Morgan fingerprint density at radius 3 is 2.71 bits per heavy atom. The Morgan fingerprint density at radius 1 is 1.29 bits per heavy atom. The summed E-state index contributed by atoms with van der Waals surface area (Å²) in [6.45, 7) is 4.31. The van der Waals surface area contributed by atoms with Crippen molar-refractivity contribution in [1.29, 1.82) is 5.26 Å². The van der Waals surface area contributed by atoms with Gasteiger partial charge in [-0.05, 0) is 37.1 Å². The van der Waals surface area contributed by atoms with Crippen LogP contribution in [0.3, 0.4) is 0 Å². The fourth-order valence-electron chi connectivity index (χ4n) is 2.31. The van der Waals surface area contributed by atoms with E-state index in [0.29, 0.717) is 0 Å². The van der Waals surface area contributed by atoms with Crippen molar-refractivity contribution >= 4 is 17.4 Å². The highest BCUT2D eigenvalue weighted by molar-refractivity contribution is 7.99. The van der Waals surface area contributed by atoms with Gasteiger partial charge in [-0.2, -0.15) is 5.26 Å². The standard InChI is InChI=1S/C14H18N2S/c1-2-17-14-8-6-7-13(12(14)11-15)16-9-4-3-5-10-16/h6-8H,2-5,9-10H2,1H3. The van der Waals surface area contributed by atoms with Gasteiger partial charge in [0.15, 0.2) is 0 Å². The second kappa shape index (κ2) is 5.97. The molecule has 0 bridgehead atoms. The van der Waals surface area contributed by atoms with Crippen molar-refractivity contribution < 1.29 is 0 Å². The first-order valence-electron chi connectivity index (χ1n) is 6.27. The van der Waals surface area contributed by atoms with Crippen LogP contribution >= 0.6 is 11.8 Å². The highest BCUT2D eigenvalue weighted by Crippen LogP contribution is 2.31. The number of anilines is 1. The number of benzene rings is 1. The molecule has 0 amide bonds. The number of hydrogen-bond acceptors (Lipinski definition) is 3. The summed E-state index contributed by atoms with van der Waals surface area (Å²) in [6, 6.07) is 8.60. The summed E-state index contributed by atoms with van der Waals surface area (Å²) in [5, 5.41) is 9.37. The molecule has 1 aromatic carbocycles. The number of thioether (sulfide) groups is 1. The van der Waals surface area contributed by atoms with Crippen LogP contribution in [0.5, 0.6) is 0 Å². The lowest BCUT2D eigenvalue weighted by Gasteiger charge is -2.30. The van der Waals surface area contributed by atoms with Gasteiger partial charge < -0.3 is 4.90 Å². The maximum Gasteiger partial charge on any atom is 0.103 e. The average Bonchev–Trinajstić information content (AvgIpc) is 2.40. The lowest BCUT2D eigenvalue weighted by Crippen LogP contribution is -2.30. The molecule has 2 rings (SSSR count). The Bertz CT molecular complexity index is 417. The topological polar surface area (TPSA) is 27.0 Å². The molecule has 1 heterocycles. The van der Waals surface area contributed by atoms with E-state index in [2.05, 4.69) is 36.1 Å². The largest absolute Gasteiger partial charge is 0.370 e. The van der Waals surface area contributed by atoms with E-state index in [0.717, 1.165) is 35.0 Å². The summed E-state index contributed by atoms with van der Waals surface area (Å²) in [7, 11) is 0. The zero-order valence-electron chi connectivity index (χ0n) is 10.3. The molecule has 17 heavy (non-hydrogen) atoms. The Hall–Kier alpha value is -1.14. The van der Waals surface area contributed by atoms with E-state index < -0.39 is 0 Å². The average molecular weight is 246 g/mol. The van der Waals surface area contributed by atoms with Crippen molar-refractivity contribution in [2.75, 3.05) is 23.7 Å². The molecule has 2 nitrogen and oxygen atoms in total. The highest BCUT2D eigenvalue weighted by atomic mass is 32.2. The molecule has 90 valence electrons. The quantitative estimate of drug-likeness (QED) is 0.762. The second-order valence-electron chi connectivity index (χ2n) is 4.24. The Balaban J connectivity index is 2.32. The molecule has 0 aliphatic carbocycles. The molecule has 0 atom stereocenters. The van der Waals surface area contributed by atoms with Crippen LogP contribution in [0.15, 0.2) is 23.1 Å². The van der Waals surface area contributed by atoms with Gasteiger partial charge in [0.25, 0.3) is 0 Å². The third-order valence-electron chi connectivity index (χ3n) is 3.11. The summed E-state index contributed by atoms with van der Waals surface area (Å²) in [5.74, 6) is 1.01. The van der Waals surface area contributed by atoms with Crippen LogP contribution in [-0.4, -0.2) is 18.8 Å². The van der Waals surface area contributed by atoms with Gasteiger partial charge in [-0.3, -0.25) is 0 Å². The zero-order valence-corrected chi connectivity index (χ0v) is 11.1. The van der Waals surface area contributed by atoms with Gasteiger partial charge in [0, 0.05) is 18.0 Å². The van der Waals surface area contributed by atoms with Crippen LogP contribution in [-0.2, 0) is 0 Å². The molecule has 0 saturated carbocycles. The van der Waals surface area contributed by atoms with Gasteiger partial charge in [-0.15, -0.1) is 11.8 Å². The molecule has 0 radical (unpaired) electrons. The summed E-state index contributed by atoms with van der Waals surface area (Å²) in [6.07, 6.45) is 3.81. The van der Waals surface area contributed by atoms with E-state index in [1.807, 2.05) is 0 Å². The van der Waals surface area contributed by atoms with E-state index in [9.17, 15) is 5.26 Å². The van der Waals surface area contributed by atoms with Gasteiger partial charge in [0.1, 0.15) is 6.07 Å². The van der Waals surface area contributed by atoms with Crippen molar-refractivity contribution in [1.82, 2.24) is 0 Å². The molecular formula is C14H18N2S. The smallest absolute Gasteiger partial charge is 0.103 e. The fraction of sp³-hybridized carbons (Fsp3) is 0.500. The maximum absolute atomic E-state index is 9.37. The monoisotopic (exact) mass is 246 g/mol. The normalized spacial score (nSPS) is 15.6. The van der Waals surface area contributed by atoms with Gasteiger partial charge in [-0.1, -0.05) is 13.0 Å². The van der Waals surface area contributed by atoms with Crippen LogP contribution in [0.4, 0.5) is 5.69 Å². The van der Waals surface area contributed by atoms with Crippen LogP contribution < -0.4 is 4.90 Å². The molecule has 3 heteroatoms. The van der Waals surface area contributed by atoms with Crippen LogP contribution in [0, 0.1) is 11.3 Å². The summed E-state index contributed by atoms with van der Waals surface area (Å²) in [5.41, 5.74) is 1.99. The van der Waals surface area contributed by atoms with Gasteiger partial charge >= 0.3 is 0 Å². The third kappa shape index (κ3) is 2.76. The number of hydrogen-bond donors (Lipinski definition) is 0. The maximum atomic E-state index is 9.37. The predicted octanol–water partition coefficient (Wildman–Crippen LogP) is 3.66.